The summed E-state index contributed by atoms with van der Waals surface area (Å²) >= 11 is 0. The van der Waals surface area contributed by atoms with Gasteiger partial charge in [-0.05, 0) is 44.4 Å². The molecule has 35 heavy (non-hydrogen) atoms. The minimum Gasteiger partial charge on any atom is -0.352 e. The Balaban J connectivity index is 2.45. The van der Waals surface area contributed by atoms with Crippen LogP contribution in [0.1, 0.15) is 44.7 Å². The molecule has 0 aliphatic carbocycles. The van der Waals surface area contributed by atoms with Gasteiger partial charge >= 0.3 is 0 Å². The van der Waals surface area contributed by atoms with E-state index >= 15 is 0 Å². The number of nitrogens with one attached hydrogen (secondary N) is 1. The number of halogens is 2. The Labute approximate surface area is 206 Å². The van der Waals surface area contributed by atoms with E-state index in [2.05, 4.69) is 5.32 Å². The number of anilines is 1. The van der Waals surface area contributed by atoms with Crippen LogP contribution >= 0.6 is 0 Å². The average Bonchev–Trinajstić information content (AvgIpc) is 2.79. The van der Waals surface area contributed by atoms with Gasteiger partial charge in [0.1, 0.15) is 12.6 Å². The van der Waals surface area contributed by atoms with Gasteiger partial charge in [0, 0.05) is 18.7 Å². The Morgan fingerprint density at radius 2 is 1.63 bits per heavy atom. The number of carbonyl (C=O) groups excluding carboxylic acids is 2. The zero-order chi connectivity index (χ0) is 26.3. The fraction of sp³-hybridized carbons (Fsp3) is 0.440. The zero-order valence-electron chi connectivity index (χ0n) is 20.7. The molecule has 2 unspecified atom stereocenters. The maximum atomic E-state index is 13.8. The van der Waals surface area contributed by atoms with Crippen LogP contribution in [-0.2, 0) is 26.2 Å². The second kappa shape index (κ2) is 12.1. The summed E-state index contributed by atoms with van der Waals surface area (Å²) in [5.41, 5.74) is 1.60. The van der Waals surface area contributed by atoms with Crippen molar-refractivity contribution in [1.82, 2.24) is 10.2 Å². The van der Waals surface area contributed by atoms with Gasteiger partial charge in [-0.3, -0.25) is 13.9 Å². The van der Waals surface area contributed by atoms with Gasteiger partial charge in [-0.15, -0.1) is 0 Å². The molecule has 1 N–H and O–H groups in total. The van der Waals surface area contributed by atoms with Gasteiger partial charge in [-0.2, -0.15) is 0 Å². The number of carbonyl (C=O) groups is 2. The van der Waals surface area contributed by atoms with Crippen molar-refractivity contribution in [1.29, 1.82) is 0 Å². The predicted molar refractivity (Wildman–Crippen MR) is 132 cm³/mol. The second-order valence-corrected chi connectivity index (χ2v) is 10.5. The highest BCUT2D eigenvalue weighted by Gasteiger charge is 2.32. The molecule has 2 amide bonds. The van der Waals surface area contributed by atoms with E-state index in [1.165, 1.54) is 4.90 Å². The van der Waals surface area contributed by atoms with Gasteiger partial charge in [0.05, 0.1) is 11.9 Å². The van der Waals surface area contributed by atoms with Crippen molar-refractivity contribution in [3.63, 3.8) is 0 Å². The minimum absolute atomic E-state index is 0.0704. The van der Waals surface area contributed by atoms with Crippen molar-refractivity contribution in [3.05, 3.63) is 65.2 Å². The first-order valence-electron chi connectivity index (χ1n) is 11.5. The Hall–Kier alpha value is -3.01. The lowest BCUT2D eigenvalue weighted by molar-refractivity contribution is -0.140. The van der Waals surface area contributed by atoms with E-state index in [0.29, 0.717) is 17.1 Å². The molecule has 2 rings (SSSR count). The van der Waals surface area contributed by atoms with E-state index in [4.69, 9.17) is 0 Å². The number of sulfonamides is 1. The third-order valence-electron chi connectivity index (χ3n) is 5.73. The van der Waals surface area contributed by atoms with Gasteiger partial charge in [0.15, 0.2) is 11.6 Å². The lowest BCUT2D eigenvalue weighted by Gasteiger charge is -2.33. The standard InChI is InChI=1S/C25H33F2N3O4S/c1-6-18(4)28-25(32)23(7-2)29(15-19-10-8-17(3)9-11-19)24(31)16-30(35(5,33)34)20-12-13-21(26)22(27)14-20/h8-14,18,23H,6-7,15-16H2,1-5H3,(H,28,32). The zero-order valence-corrected chi connectivity index (χ0v) is 21.5. The first-order valence-corrected chi connectivity index (χ1v) is 13.3. The third kappa shape index (κ3) is 7.74. The van der Waals surface area contributed by atoms with E-state index in [-0.39, 0.29) is 24.2 Å². The van der Waals surface area contributed by atoms with Gasteiger partial charge in [0.2, 0.25) is 21.8 Å². The smallest absolute Gasteiger partial charge is 0.244 e. The largest absolute Gasteiger partial charge is 0.352 e. The van der Waals surface area contributed by atoms with Crippen molar-refractivity contribution < 1.29 is 26.8 Å². The van der Waals surface area contributed by atoms with Crippen molar-refractivity contribution in [2.75, 3.05) is 17.1 Å². The lowest BCUT2D eigenvalue weighted by atomic mass is 10.1. The SMILES string of the molecule is CCC(C)NC(=O)C(CC)N(Cc1ccc(C)cc1)C(=O)CN(c1ccc(F)c(F)c1)S(C)(=O)=O. The van der Waals surface area contributed by atoms with E-state index < -0.39 is 40.2 Å². The van der Waals surface area contributed by atoms with Crippen LogP contribution in [0.2, 0.25) is 0 Å². The van der Waals surface area contributed by atoms with Gasteiger partial charge in [0.25, 0.3) is 0 Å². The molecule has 0 aliphatic rings. The van der Waals surface area contributed by atoms with Crippen LogP contribution in [0.25, 0.3) is 0 Å². The molecule has 0 saturated carbocycles. The summed E-state index contributed by atoms with van der Waals surface area (Å²) < 4.78 is 53.0. The molecule has 0 saturated heterocycles. The summed E-state index contributed by atoms with van der Waals surface area (Å²) in [5.74, 6) is -3.37. The van der Waals surface area contributed by atoms with Crippen LogP contribution in [0.4, 0.5) is 14.5 Å². The number of nitrogens with zero attached hydrogens (tertiary/aromatic N) is 2. The summed E-state index contributed by atoms with van der Waals surface area (Å²) in [7, 11) is -4.03. The molecule has 0 radical (unpaired) electrons. The highest BCUT2D eigenvalue weighted by atomic mass is 32.2. The third-order valence-corrected chi connectivity index (χ3v) is 6.87. The molecule has 192 valence electrons. The molecule has 10 heteroatoms. The van der Waals surface area contributed by atoms with Gasteiger partial charge in [-0.25, -0.2) is 17.2 Å². The summed E-state index contributed by atoms with van der Waals surface area (Å²) in [6.45, 7) is 6.86. The molecule has 0 spiro atoms. The second-order valence-electron chi connectivity index (χ2n) is 8.62. The molecule has 7 nitrogen and oxygen atoms in total. The normalized spacial score (nSPS) is 13.1. The molecule has 0 fully saturated rings. The van der Waals surface area contributed by atoms with Crippen LogP contribution in [0, 0.1) is 18.6 Å². The lowest BCUT2D eigenvalue weighted by Crippen LogP contribution is -2.53. The Morgan fingerprint density at radius 1 is 1.00 bits per heavy atom. The fourth-order valence-corrected chi connectivity index (χ4v) is 4.35. The van der Waals surface area contributed by atoms with Crippen LogP contribution in [0.5, 0.6) is 0 Å². The maximum Gasteiger partial charge on any atom is 0.244 e. The monoisotopic (exact) mass is 509 g/mol. The number of benzene rings is 2. The molecule has 0 heterocycles. The summed E-state index contributed by atoms with van der Waals surface area (Å²) in [6, 6.07) is 9.06. The average molecular weight is 510 g/mol. The Morgan fingerprint density at radius 3 is 2.14 bits per heavy atom. The highest BCUT2D eigenvalue weighted by molar-refractivity contribution is 7.92. The molecule has 2 aromatic carbocycles. The number of aryl methyl sites for hydroxylation is 1. The molecule has 0 aromatic heterocycles. The first-order chi connectivity index (χ1) is 16.4. The van der Waals surface area contributed by atoms with Crippen LogP contribution < -0.4 is 9.62 Å². The summed E-state index contributed by atoms with van der Waals surface area (Å²) in [4.78, 5) is 27.9. The van der Waals surface area contributed by atoms with Crippen molar-refractivity contribution in [3.8, 4) is 0 Å². The quantitative estimate of drug-likeness (QED) is 0.500. The molecule has 0 bridgehead atoms. The molecular formula is C25H33F2N3O4S. The summed E-state index contributed by atoms with van der Waals surface area (Å²) in [6.07, 6.45) is 1.87. The van der Waals surface area contributed by atoms with Crippen molar-refractivity contribution >= 4 is 27.5 Å². The van der Waals surface area contributed by atoms with Gasteiger partial charge in [-0.1, -0.05) is 43.7 Å². The van der Waals surface area contributed by atoms with Crippen LogP contribution in [0.3, 0.4) is 0 Å². The molecule has 0 aliphatic heterocycles. The van der Waals surface area contributed by atoms with Crippen LogP contribution in [-0.4, -0.2) is 50.0 Å². The fourth-order valence-electron chi connectivity index (χ4n) is 3.50. The number of hydrogen-bond acceptors (Lipinski definition) is 4. The van der Waals surface area contributed by atoms with Crippen molar-refractivity contribution in [2.45, 2.75) is 59.2 Å². The molecular weight excluding hydrogens is 476 g/mol. The Kier molecular flexibility index (Phi) is 9.76. The first kappa shape index (κ1) is 28.2. The topological polar surface area (TPSA) is 86.8 Å². The number of rotatable bonds is 11. The number of amides is 2. The molecule has 2 aromatic rings. The Bertz CT molecular complexity index is 1140. The van der Waals surface area contributed by atoms with Crippen molar-refractivity contribution in [2.24, 2.45) is 0 Å². The number of hydrogen-bond donors (Lipinski definition) is 1. The van der Waals surface area contributed by atoms with E-state index in [1.807, 2.05) is 45.0 Å². The highest BCUT2D eigenvalue weighted by Crippen LogP contribution is 2.22. The predicted octanol–water partition coefficient (Wildman–Crippen LogP) is 3.76. The summed E-state index contributed by atoms with van der Waals surface area (Å²) in [5, 5.41) is 2.88. The van der Waals surface area contributed by atoms with E-state index in [0.717, 1.165) is 35.6 Å². The van der Waals surface area contributed by atoms with E-state index in [9.17, 15) is 26.8 Å². The minimum atomic E-state index is -4.03. The van der Waals surface area contributed by atoms with Gasteiger partial charge < -0.3 is 10.2 Å². The maximum absolute atomic E-state index is 13.8. The molecule has 2 atom stereocenters. The van der Waals surface area contributed by atoms with Crippen LogP contribution in [0.15, 0.2) is 42.5 Å². The van der Waals surface area contributed by atoms with E-state index in [1.54, 1.807) is 6.92 Å².